The van der Waals surface area contributed by atoms with Crippen LogP contribution in [0.15, 0.2) is 36.7 Å². The zero-order valence-electron chi connectivity index (χ0n) is 12.0. The molecule has 5 nitrogen and oxygen atoms in total. The molecule has 1 aromatic heterocycles. The SMILES string of the molecule is Cc1cccc(Nc2cc(C(=O)N3CCCC3)ncn2)c1. The normalized spacial score (nSPS) is 14.2. The van der Waals surface area contributed by atoms with E-state index in [1.165, 1.54) is 11.9 Å². The smallest absolute Gasteiger partial charge is 0.272 e. The Balaban J connectivity index is 1.78. The number of amides is 1. The molecule has 1 saturated heterocycles. The summed E-state index contributed by atoms with van der Waals surface area (Å²) in [6.45, 7) is 3.68. The van der Waals surface area contributed by atoms with Gasteiger partial charge in [0, 0.05) is 24.8 Å². The van der Waals surface area contributed by atoms with E-state index < -0.39 is 0 Å². The maximum atomic E-state index is 12.3. The number of hydrogen-bond acceptors (Lipinski definition) is 4. The van der Waals surface area contributed by atoms with E-state index in [-0.39, 0.29) is 5.91 Å². The third-order valence-electron chi connectivity index (χ3n) is 3.57. The molecule has 1 amide bonds. The molecule has 0 spiro atoms. The van der Waals surface area contributed by atoms with E-state index in [4.69, 9.17) is 0 Å². The van der Waals surface area contributed by atoms with Gasteiger partial charge in [-0.15, -0.1) is 0 Å². The van der Waals surface area contributed by atoms with Gasteiger partial charge in [-0.1, -0.05) is 12.1 Å². The minimum absolute atomic E-state index is 0.0119. The second-order valence-electron chi connectivity index (χ2n) is 5.28. The Hall–Kier alpha value is -2.43. The summed E-state index contributed by atoms with van der Waals surface area (Å²) in [7, 11) is 0. The fourth-order valence-corrected chi connectivity index (χ4v) is 2.50. The Morgan fingerprint density at radius 1 is 1.19 bits per heavy atom. The van der Waals surface area contributed by atoms with E-state index in [9.17, 15) is 4.79 Å². The van der Waals surface area contributed by atoms with Gasteiger partial charge >= 0.3 is 0 Å². The Labute approximate surface area is 124 Å². The molecule has 1 N–H and O–H groups in total. The number of rotatable bonds is 3. The standard InChI is InChI=1S/C16H18N4O/c1-12-5-4-6-13(9-12)19-15-10-14(17-11-18-15)16(21)20-7-2-3-8-20/h4-6,9-11H,2-3,7-8H2,1H3,(H,17,18,19). The molecular formula is C16H18N4O. The molecule has 2 aromatic rings. The molecule has 0 aliphatic carbocycles. The maximum Gasteiger partial charge on any atom is 0.272 e. The molecule has 0 saturated carbocycles. The zero-order valence-corrected chi connectivity index (χ0v) is 12.0. The highest BCUT2D eigenvalue weighted by Gasteiger charge is 2.20. The number of carbonyl (C=O) groups is 1. The minimum atomic E-state index is -0.0119. The summed E-state index contributed by atoms with van der Waals surface area (Å²) in [5.41, 5.74) is 2.57. The first-order valence-corrected chi connectivity index (χ1v) is 7.17. The Bertz CT molecular complexity index is 650. The Kier molecular flexibility index (Phi) is 3.81. The zero-order chi connectivity index (χ0) is 14.7. The molecule has 0 bridgehead atoms. The van der Waals surface area contributed by atoms with Crippen LogP contribution in [-0.2, 0) is 0 Å². The average molecular weight is 282 g/mol. The van der Waals surface area contributed by atoms with Gasteiger partial charge in [-0.2, -0.15) is 0 Å². The summed E-state index contributed by atoms with van der Waals surface area (Å²) in [6, 6.07) is 9.73. The lowest BCUT2D eigenvalue weighted by molar-refractivity contribution is 0.0787. The van der Waals surface area contributed by atoms with Crippen LogP contribution in [0.2, 0.25) is 0 Å². The molecular weight excluding hydrogens is 264 g/mol. The number of likely N-dealkylation sites (tertiary alicyclic amines) is 1. The first-order chi connectivity index (χ1) is 10.2. The van der Waals surface area contributed by atoms with Gasteiger partial charge in [0.2, 0.25) is 0 Å². The highest BCUT2D eigenvalue weighted by Crippen LogP contribution is 2.17. The van der Waals surface area contributed by atoms with Crippen LogP contribution in [0.3, 0.4) is 0 Å². The molecule has 3 rings (SSSR count). The van der Waals surface area contributed by atoms with Crippen LogP contribution >= 0.6 is 0 Å². The third kappa shape index (κ3) is 3.18. The number of nitrogens with zero attached hydrogens (tertiary/aromatic N) is 3. The molecule has 1 aliphatic rings. The number of benzene rings is 1. The van der Waals surface area contributed by atoms with Crippen molar-refractivity contribution < 1.29 is 4.79 Å². The van der Waals surface area contributed by atoms with Crippen molar-refractivity contribution in [3.63, 3.8) is 0 Å². The topological polar surface area (TPSA) is 58.1 Å². The molecule has 0 unspecified atom stereocenters. The van der Waals surface area contributed by atoms with Gasteiger partial charge in [-0.3, -0.25) is 4.79 Å². The second-order valence-corrected chi connectivity index (χ2v) is 5.28. The first kappa shape index (κ1) is 13.5. The van der Waals surface area contributed by atoms with Crippen LogP contribution in [0, 0.1) is 6.92 Å². The van der Waals surface area contributed by atoms with E-state index >= 15 is 0 Å². The predicted molar refractivity (Wildman–Crippen MR) is 81.6 cm³/mol. The minimum Gasteiger partial charge on any atom is -0.340 e. The second kappa shape index (κ2) is 5.91. The number of anilines is 2. The lowest BCUT2D eigenvalue weighted by Crippen LogP contribution is -2.28. The number of carbonyl (C=O) groups excluding carboxylic acids is 1. The summed E-state index contributed by atoms with van der Waals surface area (Å²) < 4.78 is 0. The Morgan fingerprint density at radius 3 is 2.76 bits per heavy atom. The fourth-order valence-electron chi connectivity index (χ4n) is 2.50. The van der Waals surface area contributed by atoms with Crippen molar-refractivity contribution in [1.82, 2.24) is 14.9 Å². The number of hydrogen-bond donors (Lipinski definition) is 1. The van der Waals surface area contributed by atoms with E-state index in [0.29, 0.717) is 11.5 Å². The van der Waals surface area contributed by atoms with Gasteiger partial charge in [0.05, 0.1) is 0 Å². The average Bonchev–Trinajstić information content (AvgIpc) is 3.01. The van der Waals surface area contributed by atoms with Crippen molar-refractivity contribution in [3.8, 4) is 0 Å². The molecule has 1 fully saturated rings. The van der Waals surface area contributed by atoms with Crippen LogP contribution in [0.4, 0.5) is 11.5 Å². The highest BCUT2D eigenvalue weighted by atomic mass is 16.2. The molecule has 0 radical (unpaired) electrons. The summed E-state index contributed by atoms with van der Waals surface area (Å²) in [5.74, 6) is 0.625. The first-order valence-electron chi connectivity index (χ1n) is 7.17. The van der Waals surface area contributed by atoms with Gasteiger partial charge in [0.15, 0.2) is 0 Å². The van der Waals surface area contributed by atoms with Gasteiger partial charge in [-0.25, -0.2) is 9.97 Å². The van der Waals surface area contributed by atoms with Crippen LogP contribution in [0.25, 0.3) is 0 Å². The largest absolute Gasteiger partial charge is 0.340 e. The van der Waals surface area contributed by atoms with Gasteiger partial charge in [0.25, 0.3) is 5.91 Å². The van der Waals surface area contributed by atoms with Crippen LogP contribution < -0.4 is 5.32 Å². The van der Waals surface area contributed by atoms with Gasteiger partial charge in [0.1, 0.15) is 17.8 Å². The Morgan fingerprint density at radius 2 is 2.00 bits per heavy atom. The maximum absolute atomic E-state index is 12.3. The number of nitrogens with one attached hydrogen (secondary N) is 1. The molecule has 1 aromatic carbocycles. The van der Waals surface area contributed by atoms with E-state index in [1.807, 2.05) is 36.1 Å². The third-order valence-corrected chi connectivity index (χ3v) is 3.57. The van der Waals surface area contributed by atoms with E-state index in [1.54, 1.807) is 6.07 Å². The molecule has 5 heteroatoms. The van der Waals surface area contributed by atoms with Gasteiger partial charge < -0.3 is 10.2 Å². The number of aryl methyl sites for hydroxylation is 1. The lowest BCUT2D eigenvalue weighted by Gasteiger charge is -2.14. The quantitative estimate of drug-likeness (QED) is 0.940. The van der Waals surface area contributed by atoms with Crippen molar-refractivity contribution >= 4 is 17.4 Å². The predicted octanol–water partition coefficient (Wildman–Crippen LogP) is 2.76. The summed E-state index contributed by atoms with van der Waals surface area (Å²) in [6.07, 6.45) is 3.58. The summed E-state index contributed by atoms with van der Waals surface area (Å²) in [4.78, 5) is 22.4. The molecule has 2 heterocycles. The van der Waals surface area contributed by atoms with Crippen molar-refractivity contribution in [2.75, 3.05) is 18.4 Å². The highest BCUT2D eigenvalue weighted by molar-refractivity contribution is 5.93. The molecule has 21 heavy (non-hydrogen) atoms. The van der Waals surface area contributed by atoms with E-state index in [2.05, 4.69) is 15.3 Å². The fraction of sp³-hybridized carbons (Fsp3) is 0.312. The van der Waals surface area contributed by atoms with Crippen LogP contribution in [0.5, 0.6) is 0 Å². The van der Waals surface area contributed by atoms with E-state index in [0.717, 1.165) is 31.6 Å². The summed E-state index contributed by atoms with van der Waals surface area (Å²) in [5, 5.41) is 3.21. The van der Waals surface area contributed by atoms with Gasteiger partial charge in [-0.05, 0) is 37.5 Å². The van der Waals surface area contributed by atoms with Crippen molar-refractivity contribution in [2.24, 2.45) is 0 Å². The monoisotopic (exact) mass is 282 g/mol. The van der Waals surface area contributed by atoms with Crippen LogP contribution in [-0.4, -0.2) is 33.9 Å². The van der Waals surface area contributed by atoms with Crippen LogP contribution in [0.1, 0.15) is 28.9 Å². The molecule has 1 aliphatic heterocycles. The van der Waals surface area contributed by atoms with Crippen molar-refractivity contribution in [3.05, 3.63) is 47.9 Å². The molecule has 0 atom stereocenters. The van der Waals surface area contributed by atoms with Crippen molar-refractivity contribution in [2.45, 2.75) is 19.8 Å². The lowest BCUT2D eigenvalue weighted by atomic mass is 10.2. The molecule has 108 valence electrons. The number of aromatic nitrogens is 2. The summed E-state index contributed by atoms with van der Waals surface area (Å²) >= 11 is 0. The van der Waals surface area contributed by atoms with Crippen molar-refractivity contribution in [1.29, 1.82) is 0 Å².